The van der Waals surface area contributed by atoms with Crippen molar-refractivity contribution in [2.75, 3.05) is 0 Å². The van der Waals surface area contributed by atoms with Crippen LogP contribution in [-0.2, 0) is 13.6 Å². The molecule has 0 aromatic carbocycles. The minimum absolute atomic E-state index is 0.0276. The number of carbonyl (C=O) groups is 1. The highest BCUT2D eigenvalue weighted by atomic mass is 16.3. The molecular weight excluding hydrogens is 232 g/mol. The molecule has 1 amide bonds. The molecule has 0 aliphatic carbocycles. The Hall–Kier alpha value is -2.37. The molecule has 2 N–H and O–H groups in total. The van der Waals surface area contributed by atoms with Crippen molar-refractivity contribution in [3.8, 4) is 5.75 Å². The van der Waals surface area contributed by atoms with Gasteiger partial charge >= 0.3 is 0 Å². The molecule has 0 bridgehead atoms. The van der Waals surface area contributed by atoms with E-state index in [1.54, 1.807) is 4.68 Å². The first-order valence-corrected chi connectivity index (χ1v) is 5.47. The van der Waals surface area contributed by atoms with Crippen molar-refractivity contribution in [3.63, 3.8) is 0 Å². The van der Waals surface area contributed by atoms with E-state index < -0.39 is 0 Å². The highest BCUT2D eigenvalue weighted by molar-refractivity contribution is 5.94. The lowest BCUT2D eigenvalue weighted by molar-refractivity contribution is 0.0950. The summed E-state index contributed by atoms with van der Waals surface area (Å²) >= 11 is 0. The average molecular weight is 246 g/mol. The SMILES string of the molecule is Cc1nn(C)cc1CNC(=O)c1cncc(O)c1. The molecule has 2 heterocycles. The van der Waals surface area contributed by atoms with Crippen LogP contribution in [0.1, 0.15) is 21.6 Å². The third-order valence-electron chi connectivity index (χ3n) is 2.54. The third kappa shape index (κ3) is 2.65. The molecule has 2 rings (SSSR count). The van der Waals surface area contributed by atoms with Gasteiger partial charge in [-0.3, -0.25) is 14.5 Å². The lowest BCUT2D eigenvalue weighted by Crippen LogP contribution is -2.23. The van der Waals surface area contributed by atoms with Crippen LogP contribution in [0.2, 0.25) is 0 Å². The van der Waals surface area contributed by atoms with E-state index in [4.69, 9.17) is 0 Å². The number of pyridine rings is 1. The second-order valence-corrected chi connectivity index (χ2v) is 4.03. The van der Waals surface area contributed by atoms with E-state index in [2.05, 4.69) is 15.4 Å². The lowest BCUT2D eigenvalue weighted by Gasteiger charge is -2.04. The van der Waals surface area contributed by atoms with Gasteiger partial charge in [0, 0.05) is 31.5 Å². The number of aromatic hydroxyl groups is 1. The Morgan fingerprint density at radius 2 is 2.28 bits per heavy atom. The summed E-state index contributed by atoms with van der Waals surface area (Å²) in [6.07, 6.45) is 4.55. The smallest absolute Gasteiger partial charge is 0.253 e. The maximum absolute atomic E-state index is 11.8. The average Bonchev–Trinajstić information content (AvgIpc) is 2.65. The first kappa shape index (κ1) is 12.1. The minimum atomic E-state index is -0.276. The van der Waals surface area contributed by atoms with Crippen LogP contribution >= 0.6 is 0 Å². The van der Waals surface area contributed by atoms with Crippen molar-refractivity contribution >= 4 is 5.91 Å². The van der Waals surface area contributed by atoms with Gasteiger partial charge in [-0.15, -0.1) is 0 Å². The molecule has 2 aromatic heterocycles. The summed E-state index contributed by atoms with van der Waals surface area (Å²) in [5.41, 5.74) is 2.17. The van der Waals surface area contributed by atoms with Crippen molar-refractivity contribution in [1.82, 2.24) is 20.1 Å². The second kappa shape index (κ2) is 4.87. The van der Waals surface area contributed by atoms with Crippen molar-refractivity contribution in [3.05, 3.63) is 41.5 Å². The van der Waals surface area contributed by atoms with E-state index >= 15 is 0 Å². The summed E-state index contributed by atoms with van der Waals surface area (Å²) in [5, 5.41) is 16.2. The maximum Gasteiger partial charge on any atom is 0.253 e. The number of hydrogen-bond acceptors (Lipinski definition) is 4. The lowest BCUT2D eigenvalue weighted by atomic mass is 10.2. The van der Waals surface area contributed by atoms with Gasteiger partial charge in [-0.25, -0.2) is 0 Å². The molecule has 0 aliphatic rings. The van der Waals surface area contributed by atoms with Gasteiger partial charge in [0.1, 0.15) is 5.75 Å². The van der Waals surface area contributed by atoms with Crippen LogP contribution in [-0.4, -0.2) is 25.8 Å². The largest absolute Gasteiger partial charge is 0.506 e. The summed E-state index contributed by atoms with van der Waals surface area (Å²) in [6, 6.07) is 1.37. The number of aromatic nitrogens is 3. The zero-order chi connectivity index (χ0) is 13.1. The summed E-state index contributed by atoms with van der Waals surface area (Å²) in [5.74, 6) is -0.304. The van der Waals surface area contributed by atoms with Gasteiger partial charge in [-0.2, -0.15) is 5.10 Å². The Balaban J connectivity index is 2.02. The van der Waals surface area contributed by atoms with Gasteiger partial charge in [0.15, 0.2) is 0 Å². The van der Waals surface area contributed by atoms with Crippen LogP contribution in [0, 0.1) is 6.92 Å². The van der Waals surface area contributed by atoms with E-state index in [9.17, 15) is 9.90 Å². The molecular formula is C12H14N4O2. The molecule has 0 saturated heterocycles. The van der Waals surface area contributed by atoms with Crippen LogP contribution in [0.4, 0.5) is 0 Å². The molecule has 18 heavy (non-hydrogen) atoms. The Labute approximate surface area is 104 Å². The van der Waals surface area contributed by atoms with E-state index in [0.717, 1.165) is 11.3 Å². The standard InChI is InChI=1S/C12H14N4O2/c1-8-10(7-16(2)15-8)5-14-12(18)9-3-11(17)6-13-4-9/h3-4,6-7,17H,5H2,1-2H3,(H,14,18). The van der Waals surface area contributed by atoms with Crippen LogP contribution in [0.15, 0.2) is 24.7 Å². The molecule has 6 nitrogen and oxygen atoms in total. The Morgan fingerprint density at radius 3 is 2.89 bits per heavy atom. The van der Waals surface area contributed by atoms with Gasteiger partial charge < -0.3 is 10.4 Å². The number of amides is 1. The van der Waals surface area contributed by atoms with Crippen molar-refractivity contribution in [1.29, 1.82) is 0 Å². The minimum Gasteiger partial charge on any atom is -0.506 e. The number of rotatable bonds is 3. The van der Waals surface area contributed by atoms with Gasteiger partial charge in [0.05, 0.1) is 17.5 Å². The number of nitrogens with zero attached hydrogens (tertiary/aromatic N) is 3. The molecule has 0 aliphatic heterocycles. The van der Waals surface area contributed by atoms with Crippen LogP contribution in [0.5, 0.6) is 5.75 Å². The topological polar surface area (TPSA) is 80.0 Å². The summed E-state index contributed by atoms with van der Waals surface area (Å²) in [6.45, 7) is 2.28. The Bertz CT molecular complexity index is 577. The fraction of sp³-hybridized carbons (Fsp3) is 0.250. The first-order valence-electron chi connectivity index (χ1n) is 5.47. The Morgan fingerprint density at radius 1 is 1.50 bits per heavy atom. The zero-order valence-electron chi connectivity index (χ0n) is 10.2. The van der Waals surface area contributed by atoms with Crippen LogP contribution in [0.3, 0.4) is 0 Å². The quantitative estimate of drug-likeness (QED) is 0.837. The molecule has 0 unspecified atom stereocenters. The maximum atomic E-state index is 11.8. The summed E-state index contributed by atoms with van der Waals surface area (Å²) < 4.78 is 1.70. The van der Waals surface area contributed by atoms with Gasteiger partial charge in [-0.1, -0.05) is 0 Å². The highest BCUT2D eigenvalue weighted by Gasteiger charge is 2.08. The van der Waals surface area contributed by atoms with Crippen molar-refractivity contribution in [2.45, 2.75) is 13.5 Å². The van der Waals surface area contributed by atoms with Crippen LogP contribution in [0.25, 0.3) is 0 Å². The second-order valence-electron chi connectivity index (χ2n) is 4.03. The van der Waals surface area contributed by atoms with Crippen molar-refractivity contribution < 1.29 is 9.90 Å². The van der Waals surface area contributed by atoms with Crippen LogP contribution < -0.4 is 5.32 Å². The predicted molar refractivity (Wildman–Crippen MR) is 65.0 cm³/mol. The summed E-state index contributed by atoms with van der Waals surface area (Å²) in [4.78, 5) is 15.6. The molecule has 0 spiro atoms. The molecule has 0 radical (unpaired) electrons. The monoisotopic (exact) mass is 246 g/mol. The predicted octanol–water partition coefficient (Wildman–Crippen LogP) is 0.759. The molecule has 0 fully saturated rings. The zero-order valence-corrected chi connectivity index (χ0v) is 10.2. The van der Waals surface area contributed by atoms with Gasteiger partial charge in [-0.05, 0) is 13.0 Å². The molecule has 2 aromatic rings. The van der Waals surface area contributed by atoms with E-state index in [-0.39, 0.29) is 11.7 Å². The molecule has 0 saturated carbocycles. The fourth-order valence-corrected chi connectivity index (χ4v) is 1.65. The van der Waals surface area contributed by atoms with E-state index in [1.165, 1.54) is 18.5 Å². The number of nitrogens with one attached hydrogen (secondary N) is 1. The third-order valence-corrected chi connectivity index (χ3v) is 2.54. The Kier molecular flexibility index (Phi) is 3.27. The first-order chi connectivity index (χ1) is 8.56. The number of carbonyl (C=O) groups excluding carboxylic acids is 1. The molecule has 0 atom stereocenters. The molecule has 94 valence electrons. The highest BCUT2D eigenvalue weighted by Crippen LogP contribution is 2.09. The van der Waals surface area contributed by atoms with E-state index in [1.807, 2.05) is 20.2 Å². The summed E-state index contributed by atoms with van der Waals surface area (Å²) in [7, 11) is 1.83. The number of hydrogen-bond donors (Lipinski definition) is 2. The molecule has 6 heteroatoms. The van der Waals surface area contributed by atoms with Crippen molar-refractivity contribution in [2.24, 2.45) is 7.05 Å². The fourth-order valence-electron chi connectivity index (χ4n) is 1.65. The van der Waals surface area contributed by atoms with Gasteiger partial charge in [0.25, 0.3) is 5.91 Å². The van der Waals surface area contributed by atoms with E-state index in [0.29, 0.717) is 12.1 Å². The normalized spacial score (nSPS) is 10.3. The van der Waals surface area contributed by atoms with Gasteiger partial charge in [0.2, 0.25) is 0 Å². The number of aryl methyl sites for hydroxylation is 2.